The van der Waals surface area contributed by atoms with E-state index in [-0.39, 0.29) is 18.4 Å². The van der Waals surface area contributed by atoms with Gasteiger partial charge in [-0.05, 0) is 73.4 Å². The molecule has 0 spiro atoms. The lowest BCUT2D eigenvalue weighted by Crippen LogP contribution is -2.10. The van der Waals surface area contributed by atoms with Gasteiger partial charge < -0.3 is 10.1 Å². The summed E-state index contributed by atoms with van der Waals surface area (Å²) in [7, 11) is 0. The van der Waals surface area contributed by atoms with Gasteiger partial charge in [0, 0.05) is 29.7 Å². The number of nitrogens with zero attached hydrogens (tertiary/aromatic N) is 4. The van der Waals surface area contributed by atoms with Crippen molar-refractivity contribution >= 4 is 23.7 Å². The second kappa shape index (κ2) is 10.7. The highest BCUT2D eigenvalue weighted by Crippen LogP contribution is 2.31. The molecule has 0 saturated heterocycles. The van der Waals surface area contributed by atoms with Crippen LogP contribution in [0, 0.1) is 13.8 Å². The third-order valence-corrected chi connectivity index (χ3v) is 5.24. The number of hydrogen-bond donors (Lipinski definition) is 1. The zero-order valence-electron chi connectivity index (χ0n) is 20.4. The van der Waals surface area contributed by atoms with Crippen LogP contribution in [0.15, 0.2) is 67.0 Å². The van der Waals surface area contributed by atoms with E-state index in [1.54, 1.807) is 37.3 Å². The number of carbonyl (C=O) groups excluding carboxylic acids is 1. The summed E-state index contributed by atoms with van der Waals surface area (Å²) in [5, 5.41) is 6.83. The highest BCUT2D eigenvalue weighted by Gasteiger charge is 2.34. The van der Waals surface area contributed by atoms with Crippen LogP contribution in [0.5, 0.6) is 0 Å². The van der Waals surface area contributed by atoms with Crippen LogP contribution in [-0.4, -0.2) is 32.3 Å². The molecule has 2 aromatic carbocycles. The number of aromatic nitrogens is 4. The van der Waals surface area contributed by atoms with Crippen LogP contribution in [0.4, 0.5) is 24.8 Å². The molecule has 10 heteroatoms. The van der Waals surface area contributed by atoms with Crippen LogP contribution < -0.4 is 5.32 Å². The van der Waals surface area contributed by atoms with Crippen molar-refractivity contribution in [1.82, 2.24) is 19.7 Å². The number of hydrogen-bond acceptors (Lipinski definition) is 6. The molecule has 0 aliphatic carbocycles. The van der Waals surface area contributed by atoms with Crippen molar-refractivity contribution in [2.75, 3.05) is 11.9 Å². The van der Waals surface area contributed by atoms with E-state index in [0.717, 1.165) is 27.6 Å². The van der Waals surface area contributed by atoms with Crippen LogP contribution in [0.25, 0.3) is 23.0 Å². The summed E-state index contributed by atoms with van der Waals surface area (Å²) in [5.74, 6) is -0.120. The van der Waals surface area contributed by atoms with Gasteiger partial charge in [0.15, 0.2) is 11.5 Å². The van der Waals surface area contributed by atoms with E-state index in [4.69, 9.17) is 4.74 Å². The van der Waals surface area contributed by atoms with Crippen molar-refractivity contribution in [2.24, 2.45) is 0 Å². The van der Waals surface area contributed by atoms with Gasteiger partial charge in [-0.1, -0.05) is 24.3 Å². The lowest BCUT2D eigenvalue weighted by molar-refractivity contribution is -0.141. The Morgan fingerprint density at radius 3 is 2.54 bits per heavy atom. The number of anilines is 2. The average molecular weight is 508 g/mol. The maximum Gasteiger partial charge on any atom is 0.435 e. The van der Waals surface area contributed by atoms with Crippen molar-refractivity contribution in [3.8, 4) is 16.9 Å². The maximum atomic E-state index is 13.3. The Morgan fingerprint density at radius 2 is 1.86 bits per heavy atom. The highest BCUT2D eigenvalue weighted by molar-refractivity contribution is 5.87. The minimum Gasteiger partial charge on any atom is -0.463 e. The first-order valence-electron chi connectivity index (χ1n) is 11.4. The molecule has 0 aliphatic rings. The number of esters is 1. The molecule has 0 radical (unpaired) electrons. The quantitative estimate of drug-likeness (QED) is 0.234. The predicted octanol–water partition coefficient (Wildman–Crippen LogP) is 6.28. The molecule has 37 heavy (non-hydrogen) atoms. The topological polar surface area (TPSA) is 81.9 Å². The van der Waals surface area contributed by atoms with Gasteiger partial charge in [-0.3, -0.25) is 0 Å². The molecule has 0 aliphatic heterocycles. The zero-order valence-corrected chi connectivity index (χ0v) is 20.4. The molecule has 0 atom stereocenters. The fourth-order valence-corrected chi connectivity index (χ4v) is 3.74. The molecule has 4 rings (SSSR count). The number of halogens is 3. The van der Waals surface area contributed by atoms with Crippen LogP contribution in [-0.2, 0) is 15.7 Å². The number of aryl methyl sites for hydroxylation is 2. The van der Waals surface area contributed by atoms with E-state index in [1.807, 2.05) is 32.0 Å². The summed E-state index contributed by atoms with van der Waals surface area (Å²) in [6.45, 7) is 5.89. The number of rotatable bonds is 7. The summed E-state index contributed by atoms with van der Waals surface area (Å²) in [5.41, 5.74) is 3.55. The third kappa shape index (κ3) is 6.40. The Bertz CT molecular complexity index is 1440. The Morgan fingerprint density at radius 1 is 1.11 bits per heavy atom. The molecule has 0 unspecified atom stereocenters. The summed E-state index contributed by atoms with van der Waals surface area (Å²) in [6, 6.07) is 13.8. The lowest BCUT2D eigenvalue weighted by Gasteiger charge is -2.13. The molecular formula is C27H24F3N5O2. The molecular weight excluding hydrogens is 483 g/mol. The van der Waals surface area contributed by atoms with E-state index in [9.17, 15) is 18.0 Å². The van der Waals surface area contributed by atoms with Crippen molar-refractivity contribution in [3.05, 3.63) is 89.4 Å². The Kier molecular flexibility index (Phi) is 7.37. The van der Waals surface area contributed by atoms with Gasteiger partial charge in [0.05, 0.1) is 6.61 Å². The molecule has 190 valence electrons. The van der Waals surface area contributed by atoms with Crippen LogP contribution in [0.3, 0.4) is 0 Å². The Labute approximate surface area is 211 Å². The molecule has 0 bridgehead atoms. The first-order chi connectivity index (χ1) is 17.6. The average Bonchev–Trinajstić information content (AvgIpc) is 3.34. The third-order valence-electron chi connectivity index (χ3n) is 5.24. The van der Waals surface area contributed by atoms with E-state index in [1.165, 1.54) is 18.5 Å². The largest absolute Gasteiger partial charge is 0.463 e. The molecule has 7 nitrogen and oxygen atoms in total. The van der Waals surface area contributed by atoms with Crippen molar-refractivity contribution in [1.29, 1.82) is 0 Å². The molecule has 0 fully saturated rings. The number of benzene rings is 2. The van der Waals surface area contributed by atoms with E-state index in [2.05, 4.69) is 20.4 Å². The first-order valence-corrected chi connectivity index (χ1v) is 11.4. The predicted molar refractivity (Wildman–Crippen MR) is 134 cm³/mol. The van der Waals surface area contributed by atoms with E-state index in [0.29, 0.717) is 16.7 Å². The smallest absolute Gasteiger partial charge is 0.435 e. The minimum absolute atomic E-state index is 0.156. The van der Waals surface area contributed by atoms with Crippen LogP contribution in [0.1, 0.15) is 29.3 Å². The monoisotopic (exact) mass is 507 g/mol. The minimum atomic E-state index is -4.60. The fraction of sp³-hybridized carbons (Fsp3) is 0.185. The van der Waals surface area contributed by atoms with Gasteiger partial charge in [0.2, 0.25) is 5.95 Å². The normalized spacial score (nSPS) is 11.6. The number of carbonyl (C=O) groups is 1. The SMILES string of the molecule is CCOC(=O)C=Cc1cccc(-c2cnc(Nc3cc(C)cc(C)c3)nc2-n2ccc(C(F)(F)F)n2)c1. The van der Waals surface area contributed by atoms with Gasteiger partial charge in [0.25, 0.3) is 0 Å². The molecule has 0 saturated carbocycles. The number of ether oxygens (including phenoxy) is 1. The molecule has 1 N–H and O–H groups in total. The zero-order chi connectivity index (χ0) is 26.6. The standard InChI is InChI=1S/C27H24F3N5O2/c1-4-37-24(36)9-8-19-6-5-7-20(15-19)22-16-31-26(32-21-13-17(2)12-18(3)14-21)33-25(22)35-11-10-23(34-35)27(28,29)30/h5-16H,4H2,1-3H3,(H,31,32,33). The van der Waals surface area contributed by atoms with Gasteiger partial charge in [-0.25, -0.2) is 14.5 Å². The highest BCUT2D eigenvalue weighted by atomic mass is 19.4. The summed E-state index contributed by atoms with van der Waals surface area (Å²) in [4.78, 5) is 20.6. The van der Waals surface area contributed by atoms with Gasteiger partial charge >= 0.3 is 12.1 Å². The molecule has 2 heterocycles. The van der Waals surface area contributed by atoms with Gasteiger partial charge in [-0.2, -0.15) is 23.3 Å². The molecule has 4 aromatic rings. The second-order valence-electron chi connectivity index (χ2n) is 8.29. The summed E-state index contributed by atoms with van der Waals surface area (Å²) in [6.07, 6.45) is 1.03. The summed E-state index contributed by atoms with van der Waals surface area (Å²) < 4.78 is 45.8. The number of alkyl halides is 3. The van der Waals surface area contributed by atoms with Crippen molar-refractivity contribution in [2.45, 2.75) is 26.9 Å². The molecule has 2 aromatic heterocycles. The van der Waals surface area contributed by atoms with Crippen molar-refractivity contribution < 1.29 is 22.7 Å². The van der Waals surface area contributed by atoms with E-state index >= 15 is 0 Å². The summed E-state index contributed by atoms with van der Waals surface area (Å²) >= 11 is 0. The lowest BCUT2D eigenvalue weighted by atomic mass is 10.0. The van der Waals surface area contributed by atoms with Crippen LogP contribution >= 0.6 is 0 Å². The Balaban J connectivity index is 1.77. The Hall–Kier alpha value is -4.47. The van der Waals surface area contributed by atoms with Gasteiger partial charge in [0.1, 0.15) is 0 Å². The van der Waals surface area contributed by atoms with Crippen molar-refractivity contribution in [3.63, 3.8) is 0 Å². The van der Waals surface area contributed by atoms with E-state index < -0.39 is 17.8 Å². The second-order valence-corrected chi connectivity index (χ2v) is 8.29. The first kappa shape index (κ1) is 25.6. The van der Waals surface area contributed by atoms with Crippen LogP contribution in [0.2, 0.25) is 0 Å². The molecule has 0 amide bonds. The van der Waals surface area contributed by atoms with Gasteiger partial charge in [-0.15, -0.1) is 0 Å². The maximum absolute atomic E-state index is 13.3. The fourth-order valence-electron chi connectivity index (χ4n) is 3.74. The number of nitrogens with one attached hydrogen (secondary N) is 1.